The van der Waals surface area contributed by atoms with E-state index in [9.17, 15) is 9.18 Å². The van der Waals surface area contributed by atoms with E-state index in [2.05, 4.69) is 20.9 Å². The fourth-order valence-corrected chi connectivity index (χ4v) is 2.69. The molecule has 128 valence electrons. The van der Waals surface area contributed by atoms with Crippen LogP contribution in [0.4, 0.5) is 4.39 Å². The van der Waals surface area contributed by atoms with Gasteiger partial charge in [-0.3, -0.25) is 0 Å². The molecule has 0 unspecified atom stereocenters. The molecule has 7 heteroatoms. The summed E-state index contributed by atoms with van der Waals surface area (Å²) in [6, 6.07) is 8.99. The first-order valence-corrected chi connectivity index (χ1v) is 8.01. The number of benzene rings is 2. The largest absolute Gasteiger partial charge is 0.493 e. The summed E-state index contributed by atoms with van der Waals surface area (Å²) < 4.78 is 29.4. The molecule has 0 saturated carbocycles. The number of carbonyl (C=O) groups excluding carboxylic acids is 1. The Kier molecular flexibility index (Phi) is 4.85. The van der Waals surface area contributed by atoms with Crippen LogP contribution in [0.3, 0.4) is 0 Å². The lowest BCUT2D eigenvalue weighted by molar-refractivity contribution is -0.129. The first kappa shape index (κ1) is 17.2. The van der Waals surface area contributed by atoms with E-state index in [1.165, 1.54) is 38.5 Å². The number of hydrogen-bond acceptors (Lipinski definition) is 5. The summed E-state index contributed by atoms with van der Waals surface area (Å²) in [6.45, 7) is 0. The molecule has 1 aliphatic heterocycles. The van der Waals surface area contributed by atoms with Crippen LogP contribution in [0, 0.1) is 5.82 Å². The van der Waals surface area contributed by atoms with Gasteiger partial charge < -0.3 is 14.2 Å². The number of rotatable bonds is 4. The van der Waals surface area contributed by atoms with Crippen molar-refractivity contribution in [2.45, 2.75) is 0 Å². The van der Waals surface area contributed by atoms with E-state index < -0.39 is 5.97 Å². The second-order valence-corrected chi connectivity index (χ2v) is 5.93. The van der Waals surface area contributed by atoms with Gasteiger partial charge in [0.1, 0.15) is 5.82 Å². The van der Waals surface area contributed by atoms with Gasteiger partial charge in [0.15, 0.2) is 17.2 Å². The third kappa shape index (κ3) is 3.56. The quantitative estimate of drug-likeness (QED) is 0.570. The summed E-state index contributed by atoms with van der Waals surface area (Å²) in [7, 11) is 3.06. The highest BCUT2D eigenvalue weighted by Gasteiger charge is 2.24. The van der Waals surface area contributed by atoms with Crippen LogP contribution in [0.5, 0.6) is 11.5 Å². The molecular formula is C18H13BrFNO4. The summed E-state index contributed by atoms with van der Waals surface area (Å²) in [6.07, 6.45) is 1.57. The van der Waals surface area contributed by atoms with E-state index >= 15 is 0 Å². The maximum Gasteiger partial charge on any atom is 0.363 e. The zero-order chi connectivity index (χ0) is 18.0. The third-order valence-electron chi connectivity index (χ3n) is 3.51. The van der Waals surface area contributed by atoms with Crippen LogP contribution >= 0.6 is 15.9 Å². The Balaban J connectivity index is 1.98. The van der Waals surface area contributed by atoms with Gasteiger partial charge in [-0.15, -0.1) is 0 Å². The molecule has 0 aliphatic carbocycles. The van der Waals surface area contributed by atoms with E-state index in [-0.39, 0.29) is 17.4 Å². The van der Waals surface area contributed by atoms with Crippen LogP contribution in [0.2, 0.25) is 0 Å². The van der Waals surface area contributed by atoms with Gasteiger partial charge in [-0.25, -0.2) is 14.2 Å². The van der Waals surface area contributed by atoms with Crippen molar-refractivity contribution in [3.05, 3.63) is 63.5 Å². The van der Waals surface area contributed by atoms with E-state index in [1.54, 1.807) is 18.2 Å². The predicted molar refractivity (Wildman–Crippen MR) is 94.3 cm³/mol. The molecule has 3 rings (SSSR count). The number of esters is 1. The molecule has 0 spiro atoms. The molecule has 0 N–H and O–H groups in total. The Bertz CT molecular complexity index is 891. The van der Waals surface area contributed by atoms with Crippen molar-refractivity contribution in [3.63, 3.8) is 0 Å². The van der Waals surface area contributed by atoms with E-state index in [4.69, 9.17) is 14.2 Å². The molecule has 1 aliphatic rings. The van der Waals surface area contributed by atoms with Gasteiger partial charge in [0, 0.05) is 10.0 Å². The van der Waals surface area contributed by atoms with E-state index in [0.29, 0.717) is 27.1 Å². The molecule has 5 nitrogen and oxygen atoms in total. The minimum atomic E-state index is -0.582. The van der Waals surface area contributed by atoms with E-state index in [0.717, 1.165) is 0 Å². The number of methoxy groups -OCH3 is 2. The maximum absolute atomic E-state index is 13.0. The summed E-state index contributed by atoms with van der Waals surface area (Å²) in [4.78, 5) is 16.3. The van der Waals surface area contributed by atoms with Gasteiger partial charge in [0.05, 0.1) is 14.2 Å². The second-order valence-electron chi connectivity index (χ2n) is 5.07. The number of halogens is 2. The second kappa shape index (κ2) is 7.06. The monoisotopic (exact) mass is 405 g/mol. The molecule has 1 heterocycles. The minimum Gasteiger partial charge on any atom is -0.493 e. The number of hydrogen-bond donors (Lipinski definition) is 0. The van der Waals surface area contributed by atoms with Crippen LogP contribution in [-0.4, -0.2) is 26.1 Å². The SMILES string of the molecule is COc1cc(Br)c(/C=C2\N=C(c3ccc(F)cc3)OC2=O)cc1OC. The highest BCUT2D eigenvalue weighted by atomic mass is 79.9. The number of aliphatic imine (C=N–C) groups is 1. The lowest BCUT2D eigenvalue weighted by Gasteiger charge is -2.09. The number of cyclic esters (lactones) is 1. The van der Waals surface area contributed by atoms with Gasteiger partial charge in [0.25, 0.3) is 0 Å². The molecule has 0 aromatic heterocycles. The molecule has 2 aromatic rings. The summed E-state index contributed by atoms with van der Waals surface area (Å²) in [5.74, 6) is 0.250. The van der Waals surface area contributed by atoms with Crippen molar-refractivity contribution in [2.24, 2.45) is 4.99 Å². The molecule has 2 aromatic carbocycles. The van der Waals surface area contributed by atoms with Gasteiger partial charge >= 0.3 is 5.97 Å². The molecule has 0 saturated heterocycles. The maximum atomic E-state index is 13.0. The topological polar surface area (TPSA) is 57.1 Å². The highest BCUT2D eigenvalue weighted by Crippen LogP contribution is 2.35. The summed E-state index contributed by atoms with van der Waals surface area (Å²) in [5, 5.41) is 0. The predicted octanol–water partition coefficient (Wildman–Crippen LogP) is 3.95. The molecule has 0 radical (unpaired) electrons. The average Bonchev–Trinajstić information content (AvgIpc) is 2.97. The Labute approximate surface area is 151 Å². The Morgan fingerprint density at radius 3 is 2.40 bits per heavy atom. The molecular weight excluding hydrogens is 393 g/mol. The fourth-order valence-electron chi connectivity index (χ4n) is 2.25. The smallest absolute Gasteiger partial charge is 0.363 e. The van der Waals surface area contributed by atoms with Crippen LogP contribution < -0.4 is 9.47 Å². The van der Waals surface area contributed by atoms with Gasteiger partial charge in [0.2, 0.25) is 5.90 Å². The fraction of sp³-hybridized carbons (Fsp3) is 0.111. The van der Waals surface area contributed by atoms with Crippen LogP contribution in [0.25, 0.3) is 6.08 Å². The Morgan fingerprint density at radius 1 is 1.12 bits per heavy atom. The summed E-state index contributed by atoms with van der Waals surface area (Å²) in [5.41, 5.74) is 1.32. The normalized spacial score (nSPS) is 15.1. The first-order chi connectivity index (χ1) is 12.0. The molecule has 0 bridgehead atoms. The number of ether oxygens (including phenoxy) is 3. The van der Waals surface area contributed by atoms with E-state index in [1.807, 2.05) is 0 Å². The lowest BCUT2D eigenvalue weighted by atomic mass is 10.1. The van der Waals surface area contributed by atoms with Crippen LogP contribution in [0.1, 0.15) is 11.1 Å². The van der Waals surface area contributed by atoms with Crippen molar-refractivity contribution < 1.29 is 23.4 Å². The number of carbonyl (C=O) groups is 1. The summed E-state index contributed by atoms with van der Waals surface area (Å²) >= 11 is 3.42. The molecule has 0 atom stereocenters. The van der Waals surface area contributed by atoms with Crippen LogP contribution in [0.15, 0.2) is 51.6 Å². The zero-order valence-corrected chi connectivity index (χ0v) is 15.0. The molecule has 25 heavy (non-hydrogen) atoms. The third-order valence-corrected chi connectivity index (χ3v) is 4.19. The Hall–Kier alpha value is -2.67. The molecule has 0 fully saturated rings. The van der Waals surface area contributed by atoms with Gasteiger partial charge in [-0.1, -0.05) is 15.9 Å². The standard InChI is InChI=1S/C18H13BrFNO4/c1-23-15-8-11(13(19)9-16(15)24-2)7-14-18(22)25-17(21-14)10-3-5-12(20)6-4-10/h3-9H,1-2H3/b14-7-. The van der Waals surface area contributed by atoms with Crippen molar-refractivity contribution in [1.82, 2.24) is 0 Å². The Morgan fingerprint density at radius 2 is 1.76 bits per heavy atom. The van der Waals surface area contributed by atoms with Crippen molar-refractivity contribution in [2.75, 3.05) is 14.2 Å². The number of nitrogens with zero attached hydrogens (tertiary/aromatic N) is 1. The highest BCUT2D eigenvalue weighted by molar-refractivity contribution is 9.10. The average molecular weight is 406 g/mol. The zero-order valence-electron chi connectivity index (χ0n) is 13.4. The first-order valence-electron chi connectivity index (χ1n) is 7.22. The van der Waals surface area contributed by atoms with Gasteiger partial charge in [-0.2, -0.15) is 0 Å². The molecule has 0 amide bonds. The van der Waals surface area contributed by atoms with Crippen LogP contribution in [-0.2, 0) is 9.53 Å². The van der Waals surface area contributed by atoms with Crippen molar-refractivity contribution in [1.29, 1.82) is 0 Å². The van der Waals surface area contributed by atoms with Gasteiger partial charge in [-0.05, 0) is 48.0 Å². The van der Waals surface area contributed by atoms with Crippen molar-refractivity contribution in [3.8, 4) is 11.5 Å². The lowest BCUT2D eigenvalue weighted by Crippen LogP contribution is -2.05. The van der Waals surface area contributed by atoms with Crippen molar-refractivity contribution >= 4 is 33.9 Å². The minimum absolute atomic E-state index is 0.132.